The smallest absolute Gasteiger partial charge is 0.219 e. The lowest BCUT2D eigenvalue weighted by atomic mass is 9.64. The average molecular weight is 323 g/mol. The fourth-order valence-corrected chi connectivity index (χ4v) is 3.88. The van der Waals surface area contributed by atoms with Gasteiger partial charge in [-0.25, -0.2) is 0 Å². The lowest BCUT2D eigenvalue weighted by Crippen LogP contribution is -2.43. The van der Waals surface area contributed by atoms with Gasteiger partial charge in [0.05, 0.1) is 0 Å². The SMILES string of the molecule is CSC(=S)O[C@@H]1C[C@H](C)CC[C@@H]1C(C)(C)c1ccccc1. The molecular formula is C18H26OS2. The number of thiocarbonyl (C=S) groups is 1. The molecule has 0 N–H and O–H groups in total. The summed E-state index contributed by atoms with van der Waals surface area (Å²) < 4.78 is 6.81. The van der Waals surface area contributed by atoms with Crippen molar-refractivity contribution in [2.75, 3.05) is 6.26 Å². The molecule has 1 aromatic rings. The Hall–Kier alpha value is -0.540. The van der Waals surface area contributed by atoms with Gasteiger partial charge in [0, 0.05) is 5.92 Å². The van der Waals surface area contributed by atoms with E-state index in [2.05, 4.69) is 51.1 Å². The number of hydrogen-bond donors (Lipinski definition) is 0. The zero-order valence-corrected chi connectivity index (χ0v) is 15.1. The van der Waals surface area contributed by atoms with E-state index >= 15 is 0 Å². The predicted octanol–water partition coefficient (Wildman–Crippen LogP) is 5.43. The first kappa shape index (κ1) is 16.8. The van der Waals surface area contributed by atoms with Gasteiger partial charge in [-0.05, 0) is 48.2 Å². The minimum atomic E-state index is 0.111. The Morgan fingerprint density at radius 1 is 1.24 bits per heavy atom. The maximum Gasteiger partial charge on any atom is 0.219 e. The van der Waals surface area contributed by atoms with E-state index < -0.39 is 0 Å². The van der Waals surface area contributed by atoms with Crippen molar-refractivity contribution in [1.29, 1.82) is 0 Å². The van der Waals surface area contributed by atoms with E-state index in [4.69, 9.17) is 17.0 Å². The van der Waals surface area contributed by atoms with Crippen molar-refractivity contribution in [2.24, 2.45) is 11.8 Å². The highest BCUT2D eigenvalue weighted by Gasteiger charge is 2.41. The summed E-state index contributed by atoms with van der Waals surface area (Å²) in [5.74, 6) is 1.24. The van der Waals surface area contributed by atoms with Crippen LogP contribution in [0, 0.1) is 11.8 Å². The second kappa shape index (κ2) is 7.15. The van der Waals surface area contributed by atoms with E-state index in [0.717, 1.165) is 12.3 Å². The normalized spacial score (nSPS) is 26.4. The quantitative estimate of drug-likeness (QED) is 0.686. The number of rotatable bonds is 3. The van der Waals surface area contributed by atoms with Gasteiger partial charge in [-0.1, -0.05) is 69.3 Å². The van der Waals surface area contributed by atoms with Gasteiger partial charge in [0.2, 0.25) is 4.38 Å². The molecule has 0 heterocycles. The minimum absolute atomic E-state index is 0.111. The van der Waals surface area contributed by atoms with Crippen molar-refractivity contribution in [3.8, 4) is 0 Å². The molecule has 0 unspecified atom stereocenters. The van der Waals surface area contributed by atoms with Crippen LogP contribution < -0.4 is 0 Å². The summed E-state index contributed by atoms with van der Waals surface area (Å²) >= 11 is 6.85. The maximum atomic E-state index is 6.13. The van der Waals surface area contributed by atoms with Gasteiger partial charge >= 0.3 is 0 Å². The molecule has 3 atom stereocenters. The fourth-order valence-electron chi connectivity index (χ4n) is 3.54. The van der Waals surface area contributed by atoms with E-state index in [-0.39, 0.29) is 11.5 Å². The van der Waals surface area contributed by atoms with Crippen molar-refractivity contribution in [2.45, 2.75) is 51.6 Å². The third kappa shape index (κ3) is 4.01. The second-order valence-corrected chi connectivity index (χ2v) is 8.13. The molecule has 1 fully saturated rings. The van der Waals surface area contributed by atoms with Crippen molar-refractivity contribution in [3.63, 3.8) is 0 Å². The Balaban J connectivity index is 2.23. The third-order valence-electron chi connectivity index (χ3n) is 4.91. The molecule has 0 aliphatic heterocycles. The predicted molar refractivity (Wildman–Crippen MR) is 97.0 cm³/mol. The van der Waals surface area contributed by atoms with Gasteiger partial charge in [-0.15, -0.1) is 0 Å². The summed E-state index contributed by atoms with van der Waals surface area (Å²) in [4.78, 5) is 0. The molecule has 0 aromatic heterocycles. The first-order chi connectivity index (χ1) is 9.95. The van der Waals surface area contributed by atoms with Gasteiger partial charge in [0.1, 0.15) is 6.10 Å². The molecule has 0 bridgehead atoms. The lowest BCUT2D eigenvalue weighted by Gasteiger charge is -2.44. The van der Waals surface area contributed by atoms with E-state index in [0.29, 0.717) is 10.3 Å². The van der Waals surface area contributed by atoms with Crippen LogP contribution in [0.25, 0.3) is 0 Å². The summed E-state index contributed by atoms with van der Waals surface area (Å²) in [6.07, 6.45) is 5.84. The zero-order chi connectivity index (χ0) is 15.5. The molecule has 3 heteroatoms. The highest BCUT2D eigenvalue weighted by molar-refractivity contribution is 8.22. The van der Waals surface area contributed by atoms with E-state index in [9.17, 15) is 0 Å². The Kier molecular flexibility index (Phi) is 5.73. The molecule has 0 spiro atoms. The molecule has 1 aromatic carbocycles. The van der Waals surface area contributed by atoms with Crippen LogP contribution in [0.3, 0.4) is 0 Å². The van der Waals surface area contributed by atoms with Crippen LogP contribution in [0.1, 0.15) is 45.6 Å². The zero-order valence-electron chi connectivity index (χ0n) is 13.5. The second-order valence-electron chi connectivity index (χ2n) is 6.72. The summed E-state index contributed by atoms with van der Waals surface area (Å²) in [6, 6.07) is 10.8. The topological polar surface area (TPSA) is 9.23 Å². The van der Waals surface area contributed by atoms with Gasteiger partial charge in [-0.2, -0.15) is 0 Å². The van der Waals surface area contributed by atoms with Gasteiger partial charge in [0.15, 0.2) is 0 Å². The number of hydrogen-bond acceptors (Lipinski definition) is 3. The van der Waals surface area contributed by atoms with Gasteiger partial charge in [0.25, 0.3) is 0 Å². The standard InChI is InChI=1S/C18H26OS2/c1-13-10-11-15(16(12-13)19-17(20)21-4)18(2,3)14-8-6-5-7-9-14/h5-9,13,15-16H,10-12H2,1-4H3/t13-,15+,16-/m1/s1. The van der Waals surface area contributed by atoms with E-state index in [1.165, 1.54) is 30.2 Å². The summed E-state index contributed by atoms with van der Waals surface area (Å²) in [5.41, 5.74) is 1.51. The third-order valence-corrected chi connectivity index (χ3v) is 5.94. The monoisotopic (exact) mass is 322 g/mol. The number of benzene rings is 1. The van der Waals surface area contributed by atoms with E-state index in [1.807, 2.05) is 6.26 Å². The number of thioether (sulfide) groups is 1. The first-order valence-corrected chi connectivity index (χ1v) is 9.38. The molecule has 1 saturated carbocycles. The summed E-state index contributed by atoms with van der Waals surface area (Å²) in [6.45, 7) is 7.02. The minimum Gasteiger partial charge on any atom is -0.475 e. The molecule has 1 aliphatic carbocycles. The van der Waals surface area contributed by atoms with Crippen LogP contribution in [-0.2, 0) is 10.2 Å². The first-order valence-electron chi connectivity index (χ1n) is 7.75. The largest absolute Gasteiger partial charge is 0.475 e. The van der Waals surface area contributed by atoms with Crippen LogP contribution in [0.5, 0.6) is 0 Å². The molecular weight excluding hydrogens is 296 g/mol. The van der Waals surface area contributed by atoms with Crippen molar-refractivity contribution < 1.29 is 4.74 Å². The van der Waals surface area contributed by atoms with Gasteiger partial charge < -0.3 is 4.74 Å². The summed E-state index contributed by atoms with van der Waals surface area (Å²) in [5, 5.41) is 0. The molecule has 2 rings (SSSR count). The highest BCUT2D eigenvalue weighted by atomic mass is 32.2. The molecule has 1 aliphatic rings. The summed E-state index contributed by atoms with van der Waals surface area (Å²) in [7, 11) is 0. The maximum absolute atomic E-state index is 6.13. The van der Waals surface area contributed by atoms with Crippen LogP contribution in [0.2, 0.25) is 0 Å². The molecule has 1 nitrogen and oxygen atoms in total. The van der Waals surface area contributed by atoms with Crippen LogP contribution in [-0.4, -0.2) is 16.7 Å². The van der Waals surface area contributed by atoms with Crippen molar-refractivity contribution in [3.05, 3.63) is 35.9 Å². The van der Waals surface area contributed by atoms with E-state index in [1.54, 1.807) is 0 Å². The molecule has 0 amide bonds. The average Bonchev–Trinajstić information content (AvgIpc) is 2.48. The molecule has 0 radical (unpaired) electrons. The molecule has 116 valence electrons. The Bertz CT molecular complexity index is 469. The van der Waals surface area contributed by atoms with Crippen LogP contribution >= 0.6 is 24.0 Å². The Morgan fingerprint density at radius 2 is 1.90 bits per heavy atom. The highest BCUT2D eigenvalue weighted by Crippen LogP contribution is 2.43. The molecule has 0 saturated heterocycles. The number of ether oxygens (including phenoxy) is 1. The van der Waals surface area contributed by atoms with Gasteiger partial charge in [-0.3, -0.25) is 0 Å². The van der Waals surface area contributed by atoms with Crippen LogP contribution in [0.4, 0.5) is 0 Å². The van der Waals surface area contributed by atoms with Crippen LogP contribution in [0.15, 0.2) is 30.3 Å². The Labute approximate surface area is 138 Å². The van der Waals surface area contributed by atoms with Crippen molar-refractivity contribution in [1.82, 2.24) is 0 Å². The fraction of sp³-hybridized carbons (Fsp3) is 0.611. The lowest BCUT2D eigenvalue weighted by molar-refractivity contribution is 0.0295. The van der Waals surface area contributed by atoms with Crippen molar-refractivity contribution >= 4 is 28.4 Å². The Morgan fingerprint density at radius 3 is 2.52 bits per heavy atom. The molecule has 21 heavy (non-hydrogen) atoms.